The smallest absolute Gasteiger partial charge is 0.449 e. The molecule has 0 atom stereocenters. The monoisotopic (exact) mass is 239 g/mol. The van der Waals surface area contributed by atoms with Crippen molar-refractivity contribution in [3.05, 3.63) is 34.9 Å². The van der Waals surface area contributed by atoms with E-state index < -0.39 is 12.3 Å². The normalized spacial score (nSPS) is 35.1. The zero-order chi connectivity index (χ0) is 12.5. The summed E-state index contributed by atoms with van der Waals surface area (Å²) in [5.41, 5.74) is 3.28. The van der Waals surface area contributed by atoms with Gasteiger partial charge in [-0.2, -0.15) is 0 Å². The fourth-order valence-electron chi connectivity index (χ4n) is 3.80. The molecule has 0 radical (unpaired) electrons. The molecular formula is C13H15BF3-. The number of hydrogen-bond donors (Lipinski definition) is 0. The Balaban J connectivity index is 1.87. The van der Waals surface area contributed by atoms with Crippen LogP contribution in [0.25, 0.3) is 0 Å². The molecule has 0 spiro atoms. The molecule has 3 aliphatic carbocycles. The molecule has 2 bridgehead atoms. The van der Waals surface area contributed by atoms with Gasteiger partial charge < -0.3 is 12.9 Å². The van der Waals surface area contributed by atoms with Crippen molar-refractivity contribution in [2.24, 2.45) is 0 Å². The average molecular weight is 239 g/mol. The van der Waals surface area contributed by atoms with E-state index in [1.54, 1.807) is 0 Å². The summed E-state index contributed by atoms with van der Waals surface area (Å²) < 4.78 is 38.5. The molecule has 0 nitrogen and oxygen atoms in total. The van der Waals surface area contributed by atoms with Crippen molar-refractivity contribution < 1.29 is 12.9 Å². The maximum atomic E-state index is 12.8. The highest BCUT2D eigenvalue weighted by atomic mass is 19.4. The third kappa shape index (κ3) is 1.33. The number of aryl methyl sites for hydroxylation is 2. The molecule has 0 amide bonds. The van der Waals surface area contributed by atoms with Crippen LogP contribution >= 0.6 is 0 Å². The van der Waals surface area contributed by atoms with E-state index in [4.69, 9.17) is 0 Å². The topological polar surface area (TPSA) is 0 Å². The predicted molar refractivity (Wildman–Crippen MR) is 63.2 cm³/mol. The van der Waals surface area contributed by atoms with Crippen LogP contribution in [0.1, 0.15) is 36.0 Å². The van der Waals surface area contributed by atoms with Crippen molar-refractivity contribution in [1.82, 2.24) is 0 Å². The molecule has 0 aliphatic heterocycles. The second kappa shape index (κ2) is 2.90. The summed E-state index contributed by atoms with van der Waals surface area (Å²) in [7, 11) is 0. The molecule has 3 aliphatic rings. The zero-order valence-electron chi connectivity index (χ0n) is 10.1. The summed E-state index contributed by atoms with van der Waals surface area (Å²) in [6, 6.07) is 6.18. The van der Waals surface area contributed by atoms with Crippen LogP contribution in [-0.2, 0) is 5.41 Å². The Labute approximate surface area is 99.3 Å². The largest absolute Gasteiger partial charge is 0.484 e. The van der Waals surface area contributed by atoms with Gasteiger partial charge in [0.25, 0.3) is 0 Å². The van der Waals surface area contributed by atoms with Crippen LogP contribution in [0.4, 0.5) is 12.9 Å². The summed E-state index contributed by atoms with van der Waals surface area (Å²) in [5, 5.41) is -1.28. The van der Waals surface area contributed by atoms with Gasteiger partial charge in [-0.05, 0) is 24.8 Å². The van der Waals surface area contributed by atoms with Gasteiger partial charge in [0.15, 0.2) is 0 Å². The lowest BCUT2D eigenvalue weighted by molar-refractivity contribution is -0.0401. The van der Waals surface area contributed by atoms with Gasteiger partial charge in [-0.3, -0.25) is 0 Å². The molecule has 1 aromatic rings. The second-order valence-electron chi connectivity index (χ2n) is 6.12. The molecule has 4 heteroatoms. The molecule has 17 heavy (non-hydrogen) atoms. The van der Waals surface area contributed by atoms with Gasteiger partial charge in [0.1, 0.15) is 0 Å². The van der Waals surface area contributed by atoms with Crippen LogP contribution in [0.5, 0.6) is 0 Å². The van der Waals surface area contributed by atoms with Crippen LogP contribution in [0.3, 0.4) is 0 Å². The highest BCUT2D eigenvalue weighted by Gasteiger charge is 2.74. The Morgan fingerprint density at radius 2 is 1.41 bits per heavy atom. The van der Waals surface area contributed by atoms with Crippen LogP contribution < -0.4 is 0 Å². The Morgan fingerprint density at radius 3 is 1.82 bits per heavy atom. The summed E-state index contributed by atoms with van der Waals surface area (Å²) in [4.78, 5) is 0. The lowest BCUT2D eigenvalue weighted by Crippen LogP contribution is -2.67. The van der Waals surface area contributed by atoms with Gasteiger partial charge in [-0.15, -0.1) is 0 Å². The van der Waals surface area contributed by atoms with E-state index in [9.17, 15) is 12.9 Å². The lowest BCUT2D eigenvalue weighted by atomic mass is 9.23. The van der Waals surface area contributed by atoms with E-state index in [1.165, 1.54) is 0 Å². The van der Waals surface area contributed by atoms with E-state index in [2.05, 4.69) is 18.2 Å². The lowest BCUT2D eigenvalue weighted by Gasteiger charge is -2.75. The molecule has 0 unspecified atom stereocenters. The summed E-state index contributed by atoms with van der Waals surface area (Å²) in [6.45, 7) is -0.640. The maximum absolute atomic E-state index is 12.8. The van der Waals surface area contributed by atoms with Gasteiger partial charge in [0, 0.05) is 0 Å². The minimum atomic E-state index is -4.65. The van der Waals surface area contributed by atoms with Gasteiger partial charge in [0.05, 0.1) is 0 Å². The first-order valence-corrected chi connectivity index (χ1v) is 6.05. The minimum Gasteiger partial charge on any atom is -0.449 e. The first kappa shape index (κ1) is 11.2. The first-order valence-electron chi connectivity index (χ1n) is 6.05. The minimum absolute atomic E-state index is 0.145. The molecule has 1 aromatic carbocycles. The molecule has 0 aromatic heterocycles. The van der Waals surface area contributed by atoms with E-state index in [0.29, 0.717) is 19.3 Å². The summed E-state index contributed by atoms with van der Waals surface area (Å²) >= 11 is 0. The standard InChI is InChI=1S/C13H15BF3/c1-9-3-10(2)5-11(4-9)12-6-13(7-12,8-12)14(15,16)17/h3-5H,6-8H2,1-2H3/q-1. The van der Waals surface area contributed by atoms with Gasteiger partial charge >= 0.3 is 6.98 Å². The van der Waals surface area contributed by atoms with Crippen molar-refractivity contribution in [3.63, 3.8) is 0 Å². The van der Waals surface area contributed by atoms with Crippen LogP contribution in [0.2, 0.25) is 5.31 Å². The highest BCUT2D eigenvalue weighted by Crippen LogP contribution is 2.82. The molecule has 0 N–H and O–H groups in total. The molecule has 0 heterocycles. The highest BCUT2D eigenvalue weighted by molar-refractivity contribution is 6.63. The third-order valence-electron chi connectivity index (χ3n) is 4.60. The predicted octanol–water partition coefficient (Wildman–Crippen LogP) is 4.33. The molecule has 3 fully saturated rings. The van der Waals surface area contributed by atoms with Crippen molar-refractivity contribution in [3.8, 4) is 0 Å². The Morgan fingerprint density at radius 1 is 0.941 bits per heavy atom. The SMILES string of the molecule is Cc1cc(C)cc(C23CC([B-](F)(F)F)(C2)C3)c1. The van der Waals surface area contributed by atoms with Crippen molar-refractivity contribution in [2.75, 3.05) is 0 Å². The molecular weight excluding hydrogens is 224 g/mol. The number of hydrogen-bond acceptors (Lipinski definition) is 0. The van der Waals surface area contributed by atoms with E-state index >= 15 is 0 Å². The third-order valence-corrected chi connectivity index (χ3v) is 4.60. The first-order chi connectivity index (χ1) is 7.76. The molecule has 3 saturated carbocycles. The average Bonchev–Trinajstić information content (AvgIpc) is 1.91. The number of rotatable bonds is 2. The zero-order valence-corrected chi connectivity index (χ0v) is 10.1. The molecule has 92 valence electrons. The van der Waals surface area contributed by atoms with Crippen LogP contribution in [-0.4, -0.2) is 6.98 Å². The Hall–Kier alpha value is -0.925. The quantitative estimate of drug-likeness (QED) is 0.674. The Bertz CT molecular complexity index is 450. The fraction of sp³-hybridized carbons (Fsp3) is 0.538. The van der Waals surface area contributed by atoms with E-state index in [0.717, 1.165) is 16.7 Å². The van der Waals surface area contributed by atoms with E-state index in [1.807, 2.05) is 13.8 Å². The number of benzene rings is 1. The fourth-order valence-corrected chi connectivity index (χ4v) is 3.80. The summed E-state index contributed by atoms with van der Waals surface area (Å²) in [5.74, 6) is 0. The van der Waals surface area contributed by atoms with Gasteiger partial charge in [0.2, 0.25) is 0 Å². The van der Waals surface area contributed by atoms with Gasteiger partial charge in [-0.25, -0.2) is 0 Å². The van der Waals surface area contributed by atoms with Crippen molar-refractivity contribution >= 4 is 6.98 Å². The number of halogens is 3. The summed E-state index contributed by atoms with van der Waals surface area (Å²) in [6.07, 6.45) is 0.977. The van der Waals surface area contributed by atoms with Gasteiger partial charge in [-0.1, -0.05) is 53.9 Å². The van der Waals surface area contributed by atoms with Crippen molar-refractivity contribution in [1.29, 1.82) is 0 Å². The van der Waals surface area contributed by atoms with Crippen LogP contribution in [0.15, 0.2) is 18.2 Å². The molecule has 4 rings (SSSR count). The van der Waals surface area contributed by atoms with Crippen LogP contribution in [0, 0.1) is 13.8 Å². The molecule has 0 saturated heterocycles. The van der Waals surface area contributed by atoms with E-state index in [-0.39, 0.29) is 5.41 Å². The second-order valence-corrected chi connectivity index (χ2v) is 6.12. The maximum Gasteiger partial charge on any atom is 0.484 e. The Kier molecular flexibility index (Phi) is 1.91. The van der Waals surface area contributed by atoms with Crippen molar-refractivity contribution in [2.45, 2.75) is 43.8 Å².